The second kappa shape index (κ2) is 11.9. The third kappa shape index (κ3) is 6.04. The highest BCUT2D eigenvalue weighted by molar-refractivity contribution is 6.42. The lowest BCUT2D eigenvalue weighted by Crippen LogP contribution is -2.53. The van der Waals surface area contributed by atoms with Gasteiger partial charge in [0.15, 0.2) is 6.61 Å². The number of carbonyl (C=O) groups excluding carboxylic acids is 2. The Bertz CT molecular complexity index is 1370. The van der Waals surface area contributed by atoms with E-state index in [1.807, 2.05) is 36.4 Å². The number of hydrogen-bond acceptors (Lipinski definition) is 5. The van der Waals surface area contributed by atoms with Crippen molar-refractivity contribution in [2.24, 2.45) is 0 Å². The van der Waals surface area contributed by atoms with Crippen LogP contribution in [0, 0.1) is 5.82 Å². The number of halogens is 3. The first kappa shape index (κ1) is 27.4. The molecule has 10 heteroatoms. The van der Waals surface area contributed by atoms with Gasteiger partial charge in [0.2, 0.25) is 5.91 Å². The van der Waals surface area contributed by atoms with E-state index in [1.54, 1.807) is 13.0 Å². The van der Waals surface area contributed by atoms with Gasteiger partial charge in [-0.1, -0.05) is 65.7 Å². The number of nitrogens with one attached hydrogen (secondary N) is 1. The maximum atomic E-state index is 15.6. The molecule has 2 aliphatic heterocycles. The number of benzene rings is 3. The number of rotatable bonds is 7. The van der Waals surface area contributed by atoms with Crippen LogP contribution in [0.3, 0.4) is 0 Å². The normalized spacial score (nSPS) is 17.2. The number of anilines is 1. The predicted molar refractivity (Wildman–Crippen MR) is 149 cm³/mol. The summed E-state index contributed by atoms with van der Waals surface area (Å²) in [6.45, 7) is 4.23. The van der Waals surface area contributed by atoms with Crippen LogP contribution < -0.4 is 15.0 Å². The summed E-state index contributed by atoms with van der Waals surface area (Å²) in [5.41, 5.74) is 2.36. The molecule has 3 aromatic carbocycles. The molecule has 0 radical (unpaired) electrons. The van der Waals surface area contributed by atoms with E-state index in [0.717, 1.165) is 11.1 Å². The van der Waals surface area contributed by atoms with Crippen LogP contribution in [0.25, 0.3) is 11.1 Å². The van der Waals surface area contributed by atoms with Gasteiger partial charge in [0.05, 0.1) is 35.0 Å². The van der Waals surface area contributed by atoms with Gasteiger partial charge in [-0.3, -0.25) is 19.4 Å². The SMILES string of the molecule is CC(C(=O)NC(CN1CCOCC1)c1ccc(-c2ccccc2)cc1F)N1C(=O)COc2cc(Cl)c(Cl)cc21. The van der Waals surface area contributed by atoms with Crippen LogP contribution in [0.1, 0.15) is 18.5 Å². The van der Waals surface area contributed by atoms with Gasteiger partial charge in [-0.2, -0.15) is 0 Å². The number of amides is 2. The minimum atomic E-state index is -0.920. The van der Waals surface area contributed by atoms with Gasteiger partial charge in [-0.05, 0) is 30.2 Å². The van der Waals surface area contributed by atoms with Crippen LogP contribution in [-0.2, 0) is 14.3 Å². The molecular weight excluding hydrogens is 544 g/mol. The molecule has 3 aromatic rings. The molecule has 2 unspecified atom stereocenters. The van der Waals surface area contributed by atoms with Crippen molar-refractivity contribution in [3.05, 3.63) is 82.1 Å². The Labute approximate surface area is 236 Å². The van der Waals surface area contributed by atoms with Crippen molar-refractivity contribution >= 4 is 40.7 Å². The van der Waals surface area contributed by atoms with Gasteiger partial charge >= 0.3 is 0 Å². The molecule has 2 heterocycles. The zero-order valence-corrected chi connectivity index (χ0v) is 22.8. The maximum Gasteiger partial charge on any atom is 0.265 e. The Morgan fingerprint density at radius 1 is 1.03 bits per heavy atom. The monoisotopic (exact) mass is 571 g/mol. The smallest absolute Gasteiger partial charge is 0.265 e. The number of ether oxygens (including phenoxy) is 2. The van der Waals surface area contributed by atoms with Crippen molar-refractivity contribution < 1.29 is 23.5 Å². The fourth-order valence-corrected chi connectivity index (χ4v) is 5.19. The molecule has 0 bridgehead atoms. The Balaban J connectivity index is 1.42. The molecule has 5 rings (SSSR count). The second-order valence-corrected chi connectivity index (χ2v) is 10.4. The third-order valence-electron chi connectivity index (χ3n) is 6.99. The fraction of sp³-hybridized carbons (Fsp3) is 0.310. The lowest BCUT2D eigenvalue weighted by molar-refractivity contribution is -0.128. The molecule has 7 nitrogen and oxygen atoms in total. The van der Waals surface area contributed by atoms with Crippen molar-refractivity contribution in [3.8, 4) is 16.9 Å². The molecule has 0 saturated carbocycles. The maximum absolute atomic E-state index is 15.6. The Morgan fingerprint density at radius 3 is 2.46 bits per heavy atom. The summed E-state index contributed by atoms with van der Waals surface area (Å²) in [4.78, 5) is 29.9. The minimum absolute atomic E-state index is 0.233. The van der Waals surface area contributed by atoms with Crippen LogP contribution in [0.2, 0.25) is 10.0 Å². The van der Waals surface area contributed by atoms with E-state index in [2.05, 4.69) is 10.2 Å². The van der Waals surface area contributed by atoms with E-state index in [1.165, 1.54) is 23.1 Å². The van der Waals surface area contributed by atoms with E-state index in [0.29, 0.717) is 49.8 Å². The molecule has 2 aliphatic rings. The van der Waals surface area contributed by atoms with E-state index in [9.17, 15) is 9.59 Å². The molecule has 1 N–H and O–H groups in total. The molecular formula is C29H28Cl2FN3O4. The van der Waals surface area contributed by atoms with Crippen molar-refractivity contribution in [1.82, 2.24) is 10.2 Å². The molecule has 39 heavy (non-hydrogen) atoms. The fourth-order valence-electron chi connectivity index (χ4n) is 4.88. The quantitative estimate of drug-likeness (QED) is 0.427. The highest BCUT2D eigenvalue weighted by Crippen LogP contribution is 2.39. The van der Waals surface area contributed by atoms with Gasteiger partial charge in [-0.25, -0.2) is 4.39 Å². The van der Waals surface area contributed by atoms with Gasteiger partial charge in [0, 0.05) is 31.3 Å². The second-order valence-electron chi connectivity index (χ2n) is 9.54. The van der Waals surface area contributed by atoms with E-state index < -0.39 is 29.7 Å². The molecule has 0 aromatic heterocycles. The molecule has 0 spiro atoms. The summed E-state index contributed by atoms with van der Waals surface area (Å²) in [5, 5.41) is 3.51. The molecule has 1 saturated heterocycles. The Kier molecular flexibility index (Phi) is 8.37. The zero-order chi connectivity index (χ0) is 27.5. The summed E-state index contributed by atoms with van der Waals surface area (Å²) in [6.07, 6.45) is 0. The average molecular weight is 572 g/mol. The first-order valence-corrected chi connectivity index (χ1v) is 13.5. The first-order chi connectivity index (χ1) is 18.8. The summed E-state index contributed by atoms with van der Waals surface area (Å²) in [6, 6.07) is 16.0. The zero-order valence-electron chi connectivity index (χ0n) is 21.3. The topological polar surface area (TPSA) is 71.1 Å². The van der Waals surface area contributed by atoms with Gasteiger partial charge in [-0.15, -0.1) is 0 Å². The first-order valence-electron chi connectivity index (χ1n) is 12.7. The predicted octanol–water partition coefficient (Wildman–Crippen LogP) is 5.10. The van der Waals surface area contributed by atoms with E-state index in [-0.39, 0.29) is 16.7 Å². The minimum Gasteiger partial charge on any atom is -0.482 e. The summed E-state index contributed by atoms with van der Waals surface area (Å²) in [5.74, 6) is -0.897. The van der Waals surface area contributed by atoms with Crippen LogP contribution in [0.15, 0.2) is 60.7 Å². The summed E-state index contributed by atoms with van der Waals surface area (Å²) >= 11 is 12.3. The lowest BCUT2D eigenvalue weighted by Gasteiger charge is -2.35. The number of nitrogens with zero attached hydrogens (tertiary/aromatic N) is 2. The Morgan fingerprint density at radius 2 is 1.74 bits per heavy atom. The molecule has 1 fully saturated rings. The van der Waals surface area contributed by atoms with Gasteiger partial charge in [0.1, 0.15) is 17.6 Å². The number of morpholine rings is 1. The van der Waals surface area contributed by atoms with Crippen molar-refractivity contribution in [1.29, 1.82) is 0 Å². The van der Waals surface area contributed by atoms with Gasteiger partial charge in [0.25, 0.3) is 5.91 Å². The molecule has 0 aliphatic carbocycles. The summed E-state index contributed by atoms with van der Waals surface area (Å²) in [7, 11) is 0. The highest BCUT2D eigenvalue weighted by atomic mass is 35.5. The third-order valence-corrected chi connectivity index (χ3v) is 7.71. The number of fused-ring (bicyclic) bond motifs is 1. The van der Waals surface area contributed by atoms with Crippen LogP contribution >= 0.6 is 23.2 Å². The average Bonchev–Trinajstić information content (AvgIpc) is 2.94. The van der Waals surface area contributed by atoms with Crippen molar-refractivity contribution in [2.45, 2.75) is 19.0 Å². The standard InChI is InChI=1S/C29H28Cl2FN3O4/c1-18(35-26-14-22(30)23(31)15-27(26)39-17-28(35)36)29(37)33-25(16-34-9-11-38-12-10-34)21-8-7-20(13-24(21)32)19-5-3-2-4-6-19/h2-8,13-15,18,25H,9-12,16-17H2,1H3,(H,33,37). The van der Waals surface area contributed by atoms with Crippen LogP contribution in [0.4, 0.5) is 10.1 Å². The molecule has 2 atom stereocenters. The van der Waals surface area contributed by atoms with Crippen molar-refractivity contribution in [3.63, 3.8) is 0 Å². The highest BCUT2D eigenvalue weighted by Gasteiger charge is 2.35. The number of carbonyl (C=O) groups is 2. The van der Waals surface area contributed by atoms with Gasteiger partial charge < -0.3 is 14.8 Å². The van der Waals surface area contributed by atoms with Crippen LogP contribution in [0.5, 0.6) is 5.75 Å². The van der Waals surface area contributed by atoms with E-state index >= 15 is 4.39 Å². The largest absolute Gasteiger partial charge is 0.482 e. The van der Waals surface area contributed by atoms with Crippen LogP contribution in [-0.4, -0.2) is 62.2 Å². The van der Waals surface area contributed by atoms with E-state index in [4.69, 9.17) is 32.7 Å². The molecule has 204 valence electrons. The number of hydrogen-bond donors (Lipinski definition) is 1. The summed E-state index contributed by atoms with van der Waals surface area (Å²) < 4.78 is 26.6. The Hall–Kier alpha value is -3.17. The van der Waals surface area contributed by atoms with Crippen molar-refractivity contribution in [2.75, 3.05) is 44.4 Å². The lowest BCUT2D eigenvalue weighted by atomic mass is 9.99. The molecule has 2 amide bonds.